The summed E-state index contributed by atoms with van der Waals surface area (Å²) >= 11 is 1.72. The molecule has 2 aromatic rings. The van der Waals surface area contributed by atoms with Crippen molar-refractivity contribution in [3.63, 3.8) is 0 Å². The topological polar surface area (TPSA) is 51.8 Å². The van der Waals surface area contributed by atoms with Gasteiger partial charge in [-0.1, -0.05) is 23.9 Å². The summed E-state index contributed by atoms with van der Waals surface area (Å²) in [5.74, 6) is 1.03. The zero-order chi connectivity index (χ0) is 13.7. The highest BCUT2D eigenvalue weighted by atomic mass is 32.2. The highest BCUT2D eigenvalue weighted by molar-refractivity contribution is 7.99. The van der Waals surface area contributed by atoms with Crippen molar-refractivity contribution >= 4 is 17.4 Å². The standard InChI is InChI=1S/C15H19N3S/c1-11-9-12(2)18-15(17-11)19-8-4-6-13-5-3-7-14(16)10-13/h3,5,7,9-10H,4,6,8,16H2,1-2H3. The van der Waals surface area contributed by atoms with Crippen LogP contribution in [0.2, 0.25) is 0 Å². The van der Waals surface area contributed by atoms with Crippen LogP contribution in [0.1, 0.15) is 23.4 Å². The fourth-order valence-corrected chi connectivity index (χ4v) is 2.83. The first kappa shape index (κ1) is 13.9. The van der Waals surface area contributed by atoms with Crippen molar-refractivity contribution in [1.82, 2.24) is 9.97 Å². The molecule has 1 aromatic carbocycles. The Kier molecular flexibility index (Phi) is 4.80. The molecule has 1 aromatic heterocycles. The van der Waals surface area contributed by atoms with E-state index in [4.69, 9.17) is 5.73 Å². The van der Waals surface area contributed by atoms with Gasteiger partial charge in [-0.25, -0.2) is 9.97 Å². The summed E-state index contributed by atoms with van der Waals surface area (Å²) in [6.45, 7) is 4.01. The highest BCUT2D eigenvalue weighted by Crippen LogP contribution is 2.17. The number of aryl methyl sites for hydroxylation is 3. The molecule has 0 radical (unpaired) electrons. The zero-order valence-corrected chi connectivity index (χ0v) is 12.2. The molecule has 0 aliphatic heterocycles. The first-order valence-electron chi connectivity index (χ1n) is 6.43. The summed E-state index contributed by atoms with van der Waals surface area (Å²) in [4.78, 5) is 8.85. The van der Waals surface area contributed by atoms with Crippen LogP contribution < -0.4 is 5.73 Å². The monoisotopic (exact) mass is 273 g/mol. The average Bonchev–Trinajstić information content (AvgIpc) is 2.34. The molecule has 100 valence electrons. The van der Waals surface area contributed by atoms with E-state index in [2.05, 4.69) is 16.0 Å². The van der Waals surface area contributed by atoms with Crippen LogP contribution in [0.3, 0.4) is 0 Å². The van der Waals surface area contributed by atoms with Crippen molar-refractivity contribution in [1.29, 1.82) is 0 Å². The van der Waals surface area contributed by atoms with E-state index >= 15 is 0 Å². The third kappa shape index (κ3) is 4.56. The normalized spacial score (nSPS) is 10.6. The summed E-state index contributed by atoms with van der Waals surface area (Å²) in [6.07, 6.45) is 2.15. The molecule has 3 nitrogen and oxygen atoms in total. The second-order valence-corrected chi connectivity index (χ2v) is 5.69. The summed E-state index contributed by atoms with van der Waals surface area (Å²) in [5, 5.41) is 0.880. The number of benzene rings is 1. The Hall–Kier alpha value is -1.55. The molecular formula is C15H19N3S. The van der Waals surface area contributed by atoms with Crippen LogP contribution in [-0.4, -0.2) is 15.7 Å². The lowest BCUT2D eigenvalue weighted by atomic mass is 10.1. The molecule has 0 saturated heterocycles. The molecule has 0 unspecified atom stereocenters. The SMILES string of the molecule is Cc1cc(C)nc(SCCCc2cccc(N)c2)n1. The van der Waals surface area contributed by atoms with Crippen LogP contribution >= 0.6 is 11.8 Å². The third-order valence-corrected chi connectivity index (χ3v) is 3.69. The van der Waals surface area contributed by atoms with Gasteiger partial charge in [0.15, 0.2) is 5.16 Å². The summed E-state index contributed by atoms with van der Waals surface area (Å²) in [7, 11) is 0. The van der Waals surface area contributed by atoms with Gasteiger partial charge in [-0.3, -0.25) is 0 Å². The number of anilines is 1. The number of aromatic nitrogens is 2. The number of rotatable bonds is 5. The van der Waals surface area contributed by atoms with E-state index in [0.29, 0.717) is 0 Å². The quantitative estimate of drug-likeness (QED) is 0.392. The number of thioether (sulfide) groups is 1. The minimum absolute atomic E-state index is 0.836. The zero-order valence-electron chi connectivity index (χ0n) is 11.4. The van der Waals surface area contributed by atoms with Crippen LogP contribution in [0.15, 0.2) is 35.5 Å². The van der Waals surface area contributed by atoms with Gasteiger partial charge in [0, 0.05) is 22.8 Å². The van der Waals surface area contributed by atoms with Gasteiger partial charge in [-0.15, -0.1) is 0 Å². The number of nitrogen functional groups attached to an aromatic ring is 1. The predicted octanol–water partition coefficient (Wildman–Crippen LogP) is 3.40. The van der Waals surface area contributed by atoms with Crippen molar-refractivity contribution in [2.24, 2.45) is 0 Å². The molecule has 19 heavy (non-hydrogen) atoms. The molecule has 0 saturated carbocycles. The Bertz CT molecular complexity index is 535. The lowest BCUT2D eigenvalue weighted by molar-refractivity contribution is 0.889. The molecule has 0 spiro atoms. The number of nitrogens with two attached hydrogens (primary N) is 1. The van der Waals surface area contributed by atoms with E-state index in [1.54, 1.807) is 11.8 Å². The molecule has 0 aliphatic carbocycles. The minimum atomic E-state index is 0.836. The Labute approximate surface area is 118 Å². The smallest absolute Gasteiger partial charge is 0.187 e. The fraction of sp³-hybridized carbons (Fsp3) is 0.333. The van der Waals surface area contributed by atoms with Crippen molar-refractivity contribution in [2.45, 2.75) is 31.8 Å². The van der Waals surface area contributed by atoms with E-state index in [1.807, 2.05) is 38.1 Å². The summed E-state index contributed by atoms with van der Waals surface area (Å²) < 4.78 is 0. The Morgan fingerprint density at radius 3 is 2.53 bits per heavy atom. The molecule has 0 fully saturated rings. The maximum Gasteiger partial charge on any atom is 0.187 e. The second kappa shape index (κ2) is 6.57. The Morgan fingerprint density at radius 1 is 1.11 bits per heavy atom. The first-order chi connectivity index (χ1) is 9.13. The van der Waals surface area contributed by atoms with Crippen LogP contribution in [0.25, 0.3) is 0 Å². The fourth-order valence-electron chi connectivity index (χ4n) is 1.95. The molecule has 2 rings (SSSR count). The van der Waals surface area contributed by atoms with Gasteiger partial charge < -0.3 is 5.73 Å². The third-order valence-electron chi connectivity index (χ3n) is 2.75. The number of nitrogens with zero attached hydrogens (tertiary/aromatic N) is 2. The van der Waals surface area contributed by atoms with E-state index in [0.717, 1.165) is 40.8 Å². The average molecular weight is 273 g/mol. The highest BCUT2D eigenvalue weighted by Gasteiger charge is 2.01. The van der Waals surface area contributed by atoms with Crippen molar-refractivity contribution in [2.75, 3.05) is 11.5 Å². The van der Waals surface area contributed by atoms with Gasteiger partial charge in [-0.05, 0) is 50.5 Å². The van der Waals surface area contributed by atoms with Crippen LogP contribution in [-0.2, 0) is 6.42 Å². The molecule has 0 amide bonds. The Balaban J connectivity index is 1.80. The second-order valence-electron chi connectivity index (χ2n) is 4.63. The van der Waals surface area contributed by atoms with E-state index < -0.39 is 0 Å². The molecule has 4 heteroatoms. The largest absolute Gasteiger partial charge is 0.399 e. The van der Waals surface area contributed by atoms with E-state index in [1.165, 1.54) is 5.56 Å². The predicted molar refractivity (Wildman–Crippen MR) is 81.4 cm³/mol. The van der Waals surface area contributed by atoms with Gasteiger partial charge in [0.2, 0.25) is 0 Å². The van der Waals surface area contributed by atoms with Gasteiger partial charge in [0.05, 0.1) is 0 Å². The summed E-state index contributed by atoms with van der Waals surface area (Å²) in [6, 6.07) is 10.1. The number of hydrogen-bond acceptors (Lipinski definition) is 4. The Morgan fingerprint density at radius 2 is 1.84 bits per heavy atom. The molecule has 0 bridgehead atoms. The molecule has 0 aliphatic rings. The lowest BCUT2D eigenvalue weighted by Crippen LogP contribution is -1.95. The van der Waals surface area contributed by atoms with Crippen LogP contribution in [0.4, 0.5) is 5.69 Å². The molecule has 1 heterocycles. The van der Waals surface area contributed by atoms with Crippen molar-refractivity contribution < 1.29 is 0 Å². The van der Waals surface area contributed by atoms with E-state index in [-0.39, 0.29) is 0 Å². The molecule has 2 N–H and O–H groups in total. The van der Waals surface area contributed by atoms with E-state index in [9.17, 15) is 0 Å². The molecular weight excluding hydrogens is 254 g/mol. The van der Waals surface area contributed by atoms with Crippen LogP contribution in [0, 0.1) is 13.8 Å². The maximum atomic E-state index is 5.76. The van der Waals surface area contributed by atoms with Gasteiger partial charge in [-0.2, -0.15) is 0 Å². The van der Waals surface area contributed by atoms with Gasteiger partial charge >= 0.3 is 0 Å². The first-order valence-corrected chi connectivity index (χ1v) is 7.41. The lowest BCUT2D eigenvalue weighted by Gasteiger charge is -2.04. The van der Waals surface area contributed by atoms with Crippen molar-refractivity contribution in [3.8, 4) is 0 Å². The number of hydrogen-bond donors (Lipinski definition) is 1. The van der Waals surface area contributed by atoms with Gasteiger partial charge in [0.25, 0.3) is 0 Å². The van der Waals surface area contributed by atoms with Gasteiger partial charge in [0.1, 0.15) is 0 Å². The van der Waals surface area contributed by atoms with Crippen LogP contribution in [0.5, 0.6) is 0 Å². The van der Waals surface area contributed by atoms with Crippen molar-refractivity contribution in [3.05, 3.63) is 47.3 Å². The minimum Gasteiger partial charge on any atom is -0.399 e. The molecule has 0 atom stereocenters. The maximum absolute atomic E-state index is 5.76. The summed E-state index contributed by atoms with van der Waals surface area (Å²) in [5.41, 5.74) is 9.96.